The molecule has 0 bridgehead atoms. The molecule has 1 rings (SSSR count). The molecule has 0 amide bonds. The molecule has 2 nitrogen and oxygen atoms in total. The van der Waals surface area contributed by atoms with E-state index in [1.807, 2.05) is 18.2 Å². The summed E-state index contributed by atoms with van der Waals surface area (Å²) in [6.07, 6.45) is 4.52. The Bertz CT molecular complexity index is 320. The van der Waals surface area contributed by atoms with E-state index in [2.05, 4.69) is 15.9 Å². The van der Waals surface area contributed by atoms with E-state index in [1.54, 1.807) is 0 Å². The van der Waals surface area contributed by atoms with Crippen molar-refractivity contribution >= 4 is 27.5 Å². The van der Waals surface area contributed by atoms with Gasteiger partial charge in [0.25, 0.3) is 0 Å². The van der Waals surface area contributed by atoms with Gasteiger partial charge in [0.05, 0.1) is 11.1 Å². The molecule has 1 aromatic carbocycles. The Balaban J connectivity index is 2.21. The predicted molar refractivity (Wildman–Crippen MR) is 72.2 cm³/mol. The molecule has 0 saturated carbocycles. The van der Waals surface area contributed by atoms with E-state index < -0.39 is 0 Å². The van der Waals surface area contributed by atoms with E-state index in [0.717, 1.165) is 36.2 Å². The highest BCUT2D eigenvalue weighted by Crippen LogP contribution is 2.28. The largest absolute Gasteiger partial charge is 0.492 e. The van der Waals surface area contributed by atoms with Gasteiger partial charge >= 0.3 is 0 Å². The van der Waals surface area contributed by atoms with Crippen LogP contribution in [0.2, 0.25) is 5.02 Å². The van der Waals surface area contributed by atoms with Gasteiger partial charge in [0, 0.05) is 5.02 Å². The quantitative estimate of drug-likeness (QED) is 0.773. The van der Waals surface area contributed by atoms with Crippen LogP contribution in [0, 0.1) is 0 Å². The highest BCUT2D eigenvalue weighted by molar-refractivity contribution is 9.10. The zero-order valence-electron chi connectivity index (χ0n) is 9.22. The number of hydrogen-bond acceptors (Lipinski definition) is 2. The average Bonchev–Trinajstić information content (AvgIpc) is 2.26. The Kier molecular flexibility index (Phi) is 6.85. The van der Waals surface area contributed by atoms with Crippen molar-refractivity contribution in [2.45, 2.75) is 25.7 Å². The van der Waals surface area contributed by atoms with Crippen LogP contribution >= 0.6 is 27.5 Å². The number of ether oxygens (including phenoxy) is 1. The number of nitrogens with two attached hydrogens (primary N) is 1. The Labute approximate surface area is 110 Å². The van der Waals surface area contributed by atoms with E-state index in [4.69, 9.17) is 22.1 Å². The lowest BCUT2D eigenvalue weighted by Gasteiger charge is -2.08. The highest BCUT2D eigenvalue weighted by Gasteiger charge is 2.01. The molecule has 0 aliphatic heterocycles. The summed E-state index contributed by atoms with van der Waals surface area (Å²) in [4.78, 5) is 0. The number of rotatable bonds is 7. The maximum atomic E-state index is 5.84. The van der Waals surface area contributed by atoms with Crippen molar-refractivity contribution in [3.8, 4) is 5.75 Å². The molecule has 0 fully saturated rings. The summed E-state index contributed by atoms with van der Waals surface area (Å²) < 4.78 is 6.54. The molecule has 90 valence electrons. The smallest absolute Gasteiger partial charge is 0.133 e. The minimum atomic E-state index is 0.710. The van der Waals surface area contributed by atoms with Crippen molar-refractivity contribution in [1.82, 2.24) is 0 Å². The first-order valence-electron chi connectivity index (χ1n) is 5.52. The fourth-order valence-corrected chi connectivity index (χ4v) is 2.17. The zero-order valence-corrected chi connectivity index (χ0v) is 11.6. The lowest BCUT2D eigenvalue weighted by atomic mass is 10.2. The Morgan fingerprint density at radius 1 is 1.19 bits per heavy atom. The lowest BCUT2D eigenvalue weighted by Crippen LogP contribution is -2.00. The fraction of sp³-hybridized carbons (Fsp3) is 0.500. The molecule has 0 aliphatic rings. The van der Waals surface area contributed by atoms with Gasteiger partial charge in [0.1, 0.15) is 5.75 Å². The van der Waals surface area contributed by atoms with Gasteiger partial charge in [0.15, 0.2) is 0 Å². The van der Waals surface area contributed by atoms with E-state index >= 15 is 0 Å². The number of hydrogen-bond donors (Lipinski definition) is 1. The second kappa shape index (κ2) is 7.93. The third-order valence-electron chi connectivity index (χ3n) is 2.25. The van der Waals surface area contributed by atoms with Gasteiger partial charge in [-0.1, -0.05) is 24.4 Å². The third kappa shape index (κ3) is 5.19. The van der Waals surface area contributed by atoms with Gasteiger partial charge in [-0.25, -0.2) is 0 Å². The topological polar surface area (TPSA) is 35.2 Å². The molecule has 0 atom stereocenters. The summed E-state index contributed by atoms with van der Waals surface area (Å²) in [6.45, 7) is 1.52. The summed E-state index contributed by atoms with van der Waals surface area (Å²) in [5, 5.41) is 0.710. The molecule has 0 saturated heterocycles. The molecule has 1 aromatic rings. The summed E-state index contributed by atoms with van der Waals surface area (Å²) >= 11 is 9.25. The average molecular weight is 307 g/mol. The minimum Gasteiger partial charge on any atom is -0.492 e. The molecular formula is C12H17BrClNO. The van der Waals surface area contributed by atoms with Gasteiger partial charge < -0.3 is 10.5 Å². The van der Waals surface area contributed by atoms with Crippen LogP contribution in [-0.4, -0.2) is 13.2 Å². The summed E-state index contributed by atoms with van der Waals surface area (Å²) in [5.74, 6) is 0.850. The number of halogens is 2. The maximum Gasteiger partial charge on any atom is 0.133 e. The van der Waals surface area contributed by atoms with Crippen molar-refractivity contribution in [1.29, 1.82) is 0 Å². The van der Waals surface area contributed by atoms with E-state index in [9.17, 15) is 0 Å². The van der Waals surface area contributed by atoms with Gasteiger partial charge in [0.2, 0.25) is 0 Å². The van der Waals surface area contributed by atoms with Crippen molar-refractivity contribution in [2.24, 2.45) is 5.73 Å². The van der Waals surface area contributed by atoms with Crippen molar-refractivity contribution in [2.75, 3.05) is 13.2 Å². The Morgan fingerprint density at radius 3 is 2.62 bits per heavy atom. The fourth-order valence-electron chi connectivity index (χ4n) is 1.37. The van der Waals surface area contributed by atoms with Crippen LogP contribution in [0.4, 0.5) is 0 Å². The molecule has 2 N–H and O–H groups in total. The van der Waals surface area contributed by atoms with Crippen molar-refractivity contribution < 1.29 is 4.74 Å². The first-order chi connectivity index (χ1) is 7.74. The van der Waals surface area contributed by atoms with Crippen molar-refractivity contribution in [3.05, 3.63) is 27.7 Å². The van der Waals surface area contributed by atoms with E-state index in [1.165, 1.54) is 12.8 Å². The summed E-state index contributed by atoms with van der Waals surface area (Å²) in [6, 6.07) is 5.55. The van der Waals surface area contributed by atoms with Gasteiger partial charge in [-0.15, -0.1) is 0 Å². The molecular weight excluding hydrogens is 289 g/mol. The zero-order chi connectivity index (χ0) is 11.8. The predicted octanol–water partition coefficient (Wildman–Crippen LogP) is 4.00. The molecule has 0 aliphatic carbocycles. The third-order valence-corrected chi connectivity index (χ3v) is 3.10. The Hall–Kier alpha value is -0.250. The number of unbranched alkanes of at least 4 members (excludes halogenated alkanes) is 3. The molecule has 4 heteroatoms. The summed E-state index contributed by atoms with van der Waals surface area (Å²) in [5.41, 5.74) is 5.42. The molecule has 0 unspecified atom stereocenters. The standard InChI is InChI=1S/C12H17BrClNO/c13-11-9-10(14)5-6-12(11)16-8-4-2-1-3-7-15/h5-6,9H,1-4,7-8,15H2. The van der Waals surface area contributed by atoms with Crippen LogP contribution in [-0.2, 0) is 0 Å². The van der Waals surface area contributed by atoms with Gasteiger partial charge in [-0.3, -0.25) is 0 Å². The number of benzene rings is 1. The minimum absolute atomic E-state index is 0.710. The van der Waals surface area contributed by atoms with Crippen LogP contribution < -0.4 is 10.5 Å². The lowest BCUT2D eigenvalue weighted by molar-refractivity contribution is 0.303. The molecule has 0 aromatic heterocycles. The highest BCUT2D eigenvalue weighted by atomic mass is 79.9. The first-order valence-corrected chi connectivity index (χ1v) is 6.69. The first kappa shape index (κ1) is 13.8. The van der Waals surface area contributed by atoms with E-state index in [0.29, 0.717) is 5.02 Å². The molecule has 0 heterocycles. The van der Waals surface area contributed by atoms with Gasteiger partial charge in [-0.2, -0.15) is 0 Å². The second-order valence-electron chi connectivity index (χ2n) is 3.63. The van der Waals surface area contributed by atoms with Crippen LogP contribution in [0.15, 0.2) is 22.7 Å². The molecule has 0 spiro atoms. The SMILES string of the molecule is NCCCCCCOc1ccc(Cl)cc1Br. The Morgan fingerprint density at radius 2 is 1.94 bits per heavy atom. The van der Waals surface area contributed by atoms with Gasteiger partial charge in [-0.05, 0) is 53.5 Å². The van der Waals surface area contributed by atoms with E-state index in [-0.39, 0.29) is 0 Å². The summed E-state index contributed by atoms with van der Waals surface area (Å²) in [7, 11) is 0. The maximum absolute atomic E-state index is 5.84. The monoisotopic (exact) mass is 305 g/mol. The molecule has 16 heavy (non-hydrogen) atoms. The second-order valence-corrected chi connectivity index (χ2v) is 4.92. The van der Waals surface area contributed by atoms with Crippen LogP contribution in [0.1, 0.15) is 25.7 Å². The van der Waals surface area contributed by atoms with Crippen LogP contribution in [0.25, 0.3) is 0 Å². The normalized spacial score (nSPS) is 10.4. The van der Waals surface area contributed by atoms with Crippen LogP contribution in [0.5, 0.6) is 5.75 Å². The van der Waals surface area contributed by atoms with Crippen LogP contribution in [0.3, 0.4) is 0 Å². The van der Waals surface area contributed by atoms with Crippen molar-refractivity contribution in [3.63, 3.8) is 0 Å². The molecule has 0 radical (unpaired) electrons.